The van der Waals surface area contributed by atoms with Gasteiger partial charge < -0.3 is 10.6 Å². The molecule has 0 radical (unpaired) electrons. The number of aliphatic imine (C=N–C) groups is 1. The SMILES string of the molecule is CCn1cc(C2CN=C(N)N2c2ccccc2)cn1. The summed E-state index contributed by atoms with van der Waals surface area (Å²) >= 11 is 0. The van der Waals surface area contributed by atoms with Crippen molar-refractivity contribution in [3.8, 4) is 0 Å². The van der Waals surface area contributed by atoms with Crippen molar-refractivity contribution in [1.82, 2.24) is 9.78 Å². The Morgan fingerprint density at radius 2 is 2.11 bits per heavy atom. The monoisotopic (exact) mass is 255 g/mol. The molecule has 1 unspecified atom stereocenters. The summed E-state index contributed by atoms with van der Waals surface area (Å²) in [6.07, 6.45) is 3.97. The van der Waals surface area contributed by atoms with Gasteiger partial charge in [-0.05, 0) is 19.1 Å². The van der Waals surface area contributed by atoms with Crippen LogP contribution in [0.4, 0.5) is 5.69 Å². The highest BCUT2D eigenvalue weighted by atomic mass is 15.3. The molecular formula is C14H17N5. The Balaban J connectivity index is 1.94. The van der Waals surface area contributed by atoms with E-state index in [2.05, 4.69) is 28.1 Å². The van der Waals surface area contributed by atoms with Crippen molar-refractivity contribution in [2.24, 2.45) is 10.7 Å². The Kier molecular flexibility index (Phi) is 2.95. The lowest BCUT2D eigenvalue weighted by atomic mass is 10.1. The number of benzene rings is 1. The van der Waals surface area contributed by atoms with Crippen molar-refractivity contribution in [3.63, 3.8) is 0 Å². The Morgan fingerprint density at radius 1 is 1.32 bits per heavy atom. The smallest absolute Gasteiger partial charge is 0.196 e. The first-order valence-electron chi connectivity index (χ1n) is 6.46. The number of anilines is 1. The number of hydrogen-bond donors (Lipinski definition) is 1. The summed E-state index contributed by atoms with van der Waals surface area (Å²) in [6, 6.07) is 10.2. The molecule has 0 saturated carbocycles. The number of hydrogen-bond acceptors (Lipinski definition) is 4. The maximum absolute atomic E-state index is 6.03. The van der Waals surface area contributed by atoms with Gasteiger partial charge in [0.25, 0.3) is 0 Å². The predicted octanol–water partition coefficient (Wildman–Crippen LogP) is 1.78. The van der Waals surface area contributed by atoms with E-state index in [1.165, 1.54) is 0 Å². The summed E-state index contributed by atoms with van der Waals surface area (Å²) in [7, 11) is 0. The third-order valence-electron chi connectivity index (χ3n) is 3.38. The van der Waals surface area contributed by atoms with Crippen LogP contribution in [0.2, 0.25) is 0 Å². The van der Waals surface area contributed by atoms with Crippen LogP contribution in [0.25, 0.3) is 0 Å². The molecule has 0 aliphatic carbocycles. The summed E-state index contributed by atoms with van der Waals surface area (Å²) in [4.78, 5) is 6.44. The second-order valence-electron chi connectivity index (χ2n) is 4.55. The highest BCUT2D eigenvalue weighted by molar-refractivity contribution is 5.97. The minimum Gasteiger partial charge on any atom is -0.369 e. The van der Waals surface area contributed by atoms with E-state index in [0.29, 0.717) is 12.5 Å². The summed E-state index contributed by atoms with van der Waals surface area (Å²) in [5.74, 6) is 0.570. The zero-order valence-corrected chi connectivity index (χ0v) is 10.9. The molecule has 1 atom stereocenters. The quantitative estimate of drug-likeness (QED) is 0.909. The van der Waals surface area contributed by atoms with Crippen LogP contribution in [0.3, 0.4) is 0 Å². The number of rotatable bonds is 3. The normalized spacial score (nSPS) is 18.7. The van der Waals surface area contributed by atoms with Crippen molar-refractivity contribution >= 4 is 11.6 Å². The minimum absolute atomic E-state index is 0.141. The van der Waals surface area contributed by atoms with E-state index in [4.69, 9.17) is 5.73 Å². The largest absolute Gasteiger partial charge is 0.369 e. The molecule has 0 spiro atoms. The van der Waals surface area contributed by atoms with E-state index in [-0.39, 0.29) is 6.04 Å². The van der Waals surface area contributed by atoms with Gasteiger partial charge in [0.1, 0.15) is 0 Å². The van der Waals surface area contributed by atoms with Gasteiger partial charge in [0, 0.05) is 24.0 Å². The van der Waals surface area contributed by atoms with Gasteiger partial charge in [-0.15, -0.1) is 0 Å². The predicted molar refractivity (Wildman–Crippen MR) is 76.1 cm³/mol. The van der Waals surface area contributed by atoms with Crippen molar-refractivity contribution < 1.29 is 0 Å². The average Bonchev–Trinajstić information content (AvgIpc) is 3.05. The van der Waals surface area contributed by atoms with Crippen molar-refractivity contribution in [1.29, 1.82) is 0 Å². The first kappa shape index (κ1) is 11.8. The Labute approximate surface area is 112 Å². The van der Waals surface area contributed by atoms with Crippen LogP contribution in [0.15, 0.2) is 47.7 Å². The van der Waals surface area contributed by atoms with E-state index < -0.39 is 0 Å². The fraction of sp³-hybridized carbons (Fsp3) is 0.286. The van der Waals surface area contributed by atoms with Crippen molar-refractivity contribution in [2.75, 3.05) is 11.4 Å². The molecule has 0 amide bonds. The van der Waals surface area contributed by atoms with Gasteiger partial charge in [-0.3, -0.25) is 9.67 Å². The lowest BCUT2D eigenvalue weighted by Crippen LogP contribution is -2.35. The molecule has 1 aliphatic rings. The lowest BCUT2D eigenvalue weighted by Gasteiger charge is -2.25. The lowest BCUT2D eigenvalue weighted by molar-refractivity contribution is 0.657. The zero-order valence-electron chi connectivity index (χ0n) is 10.9. The number of para-hydroxylation sites is 1. The molecule has 98 valence electrons. The van der Waals surface area contributed by atoms with E-state index in [1.54, 1.807) is 0 Å². The van der Waals surface area contributed by atoms with Crippen LogP contribution >= 0.6 is 0 Å². The Hall–Kier alpha value is -2.30. The number of aryl methyl sites for hydroxylation is 1. The number of nitrogens with zero attached hydrogens (tertiary/aromatic N) is 4. The van der Waals surface area contributed by atoms with E-state index in [0.717, 1.165) is 17.8 Å². The third kappa shape index (κ3) is 2.07. The third-order valence-corrected chi connectivity index (χ3v) is 3.38. The molecule has 19 heavy (non-hydrogen) atoms. The molecule has 5 nitrogen and oxygen atoms in total. The molecule has 0 bridgehead atoms. The topological polar surface area (TPSA) is 59.4 Å². The molecule has 5 heteroatoms. The van der Waals surface area contributed by atoms with Gasteiger partial charge in [0.05, 0.1) is 18.8 Å². The molecule has 0 saturated heterocycles. The van der Waals surface area contributed by atoms with Crippen LogP contribution < -0.4 is 10.6 Å². The van der Waals surface area contributed by atoms with Crippen LogP contribution in [-0.2, 0) is 6.54 Å². The fourth-order valence-electron chi connectivity index (χ4n) is 2.38. The van der Waals surface area contributed by atoms with Crippen molar-refractivity contribution in [2.45, 2.75) is 19.5 Å². The van der Waals surface area contributed by atoms with E-state index in [1.807, 2.05) is 41.2 Å². The van der Waals surface area contributed by atoms with Gasteiger partial charge in [0.15, 0.2) is 5.96 Å². The summed E-state index contributed by atoms with van der Waals surface area (Å²) < 4.78 is 1.92. The molecule has 2 N–H and O–H groups in total. The molecule has 1 aromatic carbocycles. The number of nitrogens with two attached hydrogens (primary N) is 1. The van der Waals surface area contributed by atoms with Gasteiger partial charge in [-0.25, -0.2) is 0 Å². The van der Waals surface area contributed by atoms with E-state index >= 15 is 0 Å². The maximum Gasteiger partial charge on any atom is 0.196 e. The summed E-state index contributed by atoms with van der Waals surface area (Å²) in [6.45, 7) is 3.62. The molecule has 3 rings (SSSR count). The average molecular weight is 255 g/mol. The highest BCUT2D eigenvalue weighted by Gasteiger charge is 2.29. The second-order valence-corrected chi connectivity index (χ2v) is 4.55. The van der Waals surface area contributed by atoms with Crippen LogP contribution in [0.1, 0.15) is 18.5 Å². The van der Waals surface area contributed by atoms with Gasteiger partial charge in [0.2, 0.25) is 0 Å². The van der Waals surface area contributed by atoms with Crippen molar-refractivity contribution in [3.05, 3.63) is 48.3 Å². The Bertz CT molecular complexity index is 587. The first-order valence-corrected chi connectivity index (χ1v) is 6.46. The zero-order chi connectivity index (χ0) is 13.2. The first-order chi connectivity index (χ1) is 9.29. The van der Waals surface area contributed by atoms with Crippen LogP contribution in [0.5, 0.6) is 0 Å². The van der Waals surface area contributed by atoms with Crippen LogP contribution in [0, 0.1) is 0 Å². The number of guanidine groups is 1. The summed E-state index contributed by atoms with van der Waals surface area (Å²) in [5, 5.41) is 4.33. The van der Waals surface area contributed by atoms with Gasteiger partial charge in [-0.2, -0.15) is 5.10 Å². The fourth-order valence-corrected chi connectivity index (χ4v) is 2.38. The van der Waals surface area contributed by atoms with Gasteiger partial charge in [-0.1, -0.05) is 18.2 Å². The molecule has 1 aromatic heterocycles. The van der Waals surface area contributed by atoms with Gasteiger partial charge >= 0.3 is 0 Å². The number of aromatic nitrogens is 2. The molecule has 1 aliphatic heterocycles. The molecule has 2 heterocycles. The standard InChI is InChI=1S/C14H17N5/c1-2-18-10-11(8-17-18)13-9-16-14(15)19(13)12-6-4-3-5-7-12/h3-8,10,13H,2,9H2,1H3,(H2,15,16). The van der Waals surface area contributed by atoms with Crippen LogP contribution in [-0.4, -0.2) is 22.3 Å². The van der Waals surface area contributed by atoms with E-state index in [9.17, 15) is 0 Å². The molecule has 2 aromatic rings. The molecular weight excluding hydrogens is 238 g/mol. The maximum atomic E-state index is 6.03. The Morgan fingerprint density at radius 3 is 2.79 bits per heavy atom. The summed E-state index contributed by atoms with van der Waals surface area (Å²) in [5.41, 5.74) is 8.24. The minimum atomic E-state index is 0.141. The second kappa shape index (κ2) is 4.76. The molecule has 0 fully saturated rings. The highest BCUT2D eigenvalue weighted by Crippen LogP contribution is 2.30.